The number of aromatic nitrogens is 2. The van der Waals surface area contributed by atoms with E-state index in [1.54, 1.807) is 0 Å². The Labute approximate surface area is 60.2 Å². The highest BCUT2D eigenvalue weighted by Crippen LogP contribution is 2.10. The van der Waals surface area contributed by atoms with Gasteiger partial charge in [-0.2, -0.15) is 8.75 Å². The van der Waals surface area contributed by atoms with Crippen LogP contribution in [0, 0.1) is 0 Å². The third-order valence-corrected chi connectivity index (χ3v) is 2.36. The van der Waals surface area contributed by atoms with E-state index < -0.39 is 9.05 Å². The molecule has 0 amide bonds. The molecule has 0 N–H and O–H groups in total. The van der Waals surface area contributed by atoms with E-state index in [1.165, 1.54) is 0 Å². The Morgan fingerprint density at radius 3 is 2.56 bits per heavy atom. The van der Waals surface area contributed by atoms with E-state index in [1.807, 2.05) is 0 Å². The average Bonchev–Trinajstić information content (AvgIpc) is 2.08. The van der Waals surface area contributed by atoms with Crippen molar-refractivity contribution in [3.8, 4) is 0 Å². The maximum Gasteiger partial charge on any atom is 0.281 e. The fourth-order valence-corrected chi connectivity index (χ4v) is 1.66. The molecule has 1 aromatic rings. The quantitative estimate of drug-likeness (QED) is 0.596. The van der Waals surface area contributed by atoms with Gasteiger partial charge in [-0.15, -0.1) is 0 Å². The van der Waals surface area contributed by atoms with Crippen LogP contribution in [0.15, 0.2) is 11.2 Å². The Morgan fingerprint density at radius 1 is 1.67 bits per heavy atom. The van der Waals surface area contributed by atoms with Crippen molar-refractivity contribution in [2.45, 2.75) is 5.03 Å². The van der Waals surface area contributed by atoms with E-state index in [0.29, 0.717) is 0 Å². The molecule has 9 heavy (non-hydrogen) atoms. The van der Waals surface area contributed by atoms with E-state index >= 15 is 0 Å². The molecule has 1 aromatic heterocycles. The van der Waals surface area contributed by atoms with Gasteiger partial charge in [0.15, 0.2) is 0 Å². The fourth-order valence-electron chi connectivity index (χ4n) is 0.264. The van der Waals surface area contributed by atoms with Crippen LogP contribution in [0.1, 0.15) is 0 Å². The summed E-state index contributed by atoms with van der Waals surface area (Å²) in [6.45, 7) is 0. The summed E-state index contributed by atoms with van der Waals surface area (Å²) in [4.78, 5) is 0. The van der Waals surface area contributed by atoms with Crippen LogP contribution in [-0.4, -0.2) is 17.2 Å². The minimum absolute atomic E-state index is 0.186. The average molecular weight is 185 g/mol. The maximum atomic E-state index is 10.4. The van der Waals surface area contributed by atoms with Crippen molar-refractivity contribution in [2.75, 3.05) is 0 Å². The Hall–Kier alpha value is -0.200. The molecule has 0 fully saturated rings. The van der Waals surface area contributed by atoms with Gasteiger partial charge in [-0.1, -0.05) is 0 Å². The number of hydrogen-bond acceptors (Lipinski definition) is 5. The molecule has 0 radical (unpaired) electrons. The largest absolute Gasteiger partial charge is 0.281 e. The lowest BCUT2D eigenvalue weighted by atomic mass is 11.0. The molecule has 50 valence electrons. The van der Waals surface area contributed by atoms with Crippen molar-refractivity contribution >= 4 is 31.5 Å². The van der Waals surface area contributed by atoms with Crippen LogP contribution in [-0.2, 0) is 9.05 Å². The zero-order valence-corrected chi connectivity index (χ0v) is 6.37. The van der Waals surface area contributed by atoms with Crippen molar-refractivity contribution in [3.63, 3.8) is 0 Å². The predicted octanol–water partition coefficient (Wildman–Crippen LogP) is 0.466. The second-order valence-corrected chi connectivity index (χ2v) is 4.25. The summed E-state index contributed by atoms with van der Waals surface area (Å²) in [6, 6.07) is 0. The molecule has 0 unspecified atom stereocenters. The van der Waals surface area contributed by atoms with E-state index in [9.17, 15) is 8.42 Å². The van der Waals surface area contributed by atoms with Gasteiger partial charge in [0, 0.05) is 10.7 Å². The van der Waals surface area contributed by atoms with Crippen LogP contribution >= 0.6 is 22.4 Å². The van der Waals surface area contributed by atoms with Crippen LogP contribution in [0.4, 0.5) is 0 Å². The van der Waals surface area contributed by atoms with Gasteiger partial charge in [0.2, 0.25) is 5.03 Å². The minimum atomic E-state index is -3.65. The zero-order valence-electron chi connectivity index (χ0n) is 3.98. The lowest BCUT2D eigenvalue weighted by Gasteiger charge is -1.80. The van der Waals surface area contributed by atoms with Crippen LogP contribution in [0.5, 0.6) is 0 Å². The van der Waals surface area contributed by atoms with Crippen LogP contribution < -0.4 is 0 Å². The van der Waals surface area contributed by atoms with Gasteiger partial charge in [0.1, 0.15) is 0 Å². The van der Waals surface area contributed by atoms with Crippen molar-refractivity contribution < 1.29 is 8.42 Å². The SMILES string of the molecule is O=S(=O)(Cl)c1cnsn1. The minimum Gasteiger partial charge on any atom is -0.205 e. The molecule has 0 atom stereocenters. The first-order chi connectivity index (χ1) is 4.11. The van der Waals surface area contributed by atoms with Crippen molar-refractivity contribution in [2.24, 2.45) is 0 Å². The number of halogens is 1. The lowest BCUT2D eigenvalue weighted by molar-refractivity contribution is 0.607. The first-order valence-electron chi connectivity index (χ1n) is 1.83. The van der Waals surface area contributed by atoms with Gasteiger partial charge in [-0.05, 0) is 0 Å². The molecule has 7 heteroatoms. The smallest absolute Gasteiger partial charge is 0.205 e. The number of rotatable bonds is 1. The summed E-state index contributed by atoms with van der Waals surface area (Å²) >= 11 is 0.803. The van der Waals surface area contributed by atoms with Crippen LogP contribution in [0.3, 0.4) is 0 Å². The second-order valence-electron chi connectivity index (χ2n) is 1.18. The summed E-state index contributed by atoms with van der Waals surface area (Å²) in [7, 11) is 1.23. The Bertz CT molecular complexity index is 278. The number of nitrogens with zero attached hydrogens (tertiary/aromatic N) is 2. The standard InChI is InChI=1S/C2HClN2O2S2/c3-9(6,7)2-1-4-8-5-2/h1H. The zero-order chi connectivity index (χ0) is 6.91. The molecular formula is C2HClN2O2S2. The highest BCUT2D eigenvalue weighted by Gasteiger charge is 2.11. The highest BCUT2D eigenvalue weighted by molar-refractivity contribution is 8.13. The first-order valence-corrected chi connectivity index (χ1v) is 4.87. The Kier molecular flexibility index (Phi) is 1.69. The fraction of sp³-hybridized carbons (Fsp3) is 0. The molecular weight excluding hydrogens is 184 g/mol. The molecule has 0 bridgehead atoms. The topological polar surface area (TPSA) is 59.9 Å². The lowest BCUT2D eigenvalue weighted by Crippen LogP contribution is -1.88. The van der Waals surface area contributed by atoms with Gasteiger partial charge < -0.3 is 0 Å². The predicted molar refractivity (Wildman–Crippen MR) is 32.9 cm³/mol. The monoisotopic (exact) mass is 184 g/mol. The normalized spacial score (nSPS) is 11.7. The Morgan fingerprint density at radius 2 is 2.33 bits per heavy atom. The van der Waals surface area contributed by atoms with Gasteiger partial charge in [-0.25, -0.2) is 8.42 Å². The molecule has 0 aliphatic heterocycles. The molecule has 1 rings (SSSR count). The first kappa shape index (κ1) is 6.91. The molecule has 4 nitrogen and oxygen atoms in total. The van der Waals surface area contributed by atoms with Crippen LogP contribution in [0.25, 0.3) is 0 Å². The summed E-state index contributed by atoms with van der Waals surface area (Å²) in [5, 5.41) is -0.186. The maximum absolute atomic E-state index is 10.4. The molecule has 0 aliphatic rings. The molecule has 1 heterocycles. The van der Waals surface area contributed by atoms with Gasteiger partial charge in [0.05, 0.1) is 17.9 Å². The van der Waals surface area contributed by atoms with E-state index in [2.05, 4.69) is 8.75 Å². The summed E-state index contributed by atoms with van der Waals surface area (Å²) in [6.07, 6.45) is 1.10. The summed E-state index contributed by atoms with van der Waals surface area (Å²) < 4.78 is 27.6. The van der Waals surface area contributed by atoms with Gasteiger partial charge in [0.25, 0.3) is 9.05 Å². The molecule has 0 aliphatic carbocycles. The summed E-state index contributed by atoms with van der Waals surface area (Å²) in [5.41, 5.74) is 0. The Balaban J connectivity index is 3.20. The molecule has 0 aromatic carbocycles. The van der Waals surface area contributed by atoms with E-state index in [4.69, 9.17) is 10.7 Å². The van der Waals surface area contributed by atoms with E-state index in [-0.39, 0.29) is 5.03 Å². The van der Waals surface area contributed by atoms with E-state index in [0.717, 1.165) is 17.9 Å². The third-order valence-electron chi connectivity index (χ3n) is 0.591. The van der Waals surface area contributed by atoms with Gasteiger partial charge in [-0.3, -0.25) is 0 Å². The van der Waals surface area contributed by atoms with Crippen molar-refractivity contribution in [1.29, 1.82) is 0 Å². The third kappa shape index (κ3) is 1.60. The molecule has 0 saturated carbocycles. The number of hydrogen-bond donors (Lipinski definition) is 0. The van der Waals surface area contributed by atoms with Crippen LogP contribution in [0.2, 0.25) is 0 Å². The van der Waals surface area contributed by atoms with Crippen molar-refractivity contribution in [3.05, 3.63) is 6.20 Å². The summed E-state index contributed by atoms with van der Waals surface area (Å²) in [5.74, 6) is 0. The molecule has 0 spiro atoms. The molecule has 0 saturated heterocycles. The van der Waals surface area contributed by atoms with Crippen molar-refractivity contribution in [1.82, 2.24) is 8.75 Å². The van der Waals surface area contributed by atoms with Gasteiger partial charge >= 0.3 is 0 Å². The highest BCUT2D eigenvalue weighted by atomic mass is 35.7. The second kappa shape index (κ2) is 2.20.